The van der Waals surface area contributed by atoms with Gasteiger partial charge in [0.15, 0.2) is 11.2 Å². The van der Waals surface area contributed by atoms with Crippen molar-refractivity contribution in [2.75, 3.05) is 0 Å². The van der Waals surface area contributed by atoms with Crippen LogP contribution >= 0.6 is 0 Å². The second-order valence-electron chi connectivity index (χ2n) is 11.3. The summed E-state index contributed by atoms with van der Waals surface area (Å²) < 4.78 is 11.9. The maximum atomic E-state index is 12.3. The van der Waals surface area contributed by atoms with Gasteiger partial charge in [-0.15, -0.1) is 12.8 Å². The summed E-state index contributed by atoms with van der Waals surface area (Å²) >= 11 is 0. The molecule has 4 fully saturated rings. The topological polar surface area (TPSA) is 52.6 Å². The number of esters is 2. The molecule has 4 aliphatic carbocycles. The normalized spacial score (nSPS) is 46.7. The lowest BCUT2D eigenvalue weighted by Gasteiger charge is -2.58. The number of terminal acetylenes is 2. The predicted octanol–water partition coefficient (Wildman–Crippen LogP) is 5.29. The molecule has 0 aromatic rings. The van der Waals surface area contributed by atoms with Gasteiger partial charge in [-0.1, -0.05) is 39.5 Å². The highest BCUT2D eigenvalue weighted by molar-refractivity contribution is 5.70. The summed E-state index contributed by atoms with van der Waals surface area (Å²) in [5.74, 6) is 7.45. The molecule has 0 saturated heterocycles. The van der Waals surface area contributed by atoms with Gasteiger partial charge in [0, 0.05) is 31.1 Å². The zero-order chi connectivity index (χ0) is 23.4. The zero-order valence-corrected chi connectivity index (χ0v) is 20.2. The van der Waals surface area contributed by atoms with Crippen molar-refractivity contribution in [2.45, 2.75) is 103 Å². The van der Waals surface area contributed by atoms with Crippen LogP contribution in [0.3, 0.4) is 0 Å². The molecule has 0 N–H and O–H groups in total. The van der Waals surface area contributed by atoms with Gasteiger partial charge in [-0.3, -0.25) is 9.59 Å². The highest BCUT2D eigenvalue weighted by Crippen LogP contribution is 2.70. The number of ether oxygens (including phenoxy) is 2. The number of fused-ring (bicyclic) bond motifs is 5. The summed E-state index contributed by atoms with van der Waals surface area (Å²) in [5.41, 5.74) is -1.68. The van der Waals surface area contributed by atoms with Gasteiger partial charge in [0.05, 0.1) is 0 Å². The van der Waals surface area contributed by atoms with E-state index in [2.05, 4.69) is 25.7 Å². The van der Waals surface area contributed by atoms with E-state index in [1.165, 1.54) is 0 Å². The van der Waals surface area contributed by atoms with Crippen LogP contribution in [0.4, 0.5) is 0 Å². The fraction of sp³-hybridized carbons (Fsp3) is 0.786. The Hall–Kier alpha value is -1.94. The molecule has 4 nitrogen and oxygen atoms in total. The van der Waals surface area contributed by atoms with Crippen LogP contribution in [0, 0.1) is 59.2 Å². The maximum absolute atomic E-state index is 12.3. The van der Waals surface area contributed by atoms with E-state index in [9.17, 15) is 9.59 Å². The Morgan fingerprint density at radius 1 is 0.938 bits per heavy atom. The number of carbonyl (C=O) groups is 2. The van der Waals surface area contributed by atoms with Crippen molar-refractivity contribution in [3.8, 4) is 24.7 Å². The van der Waals surface area contributed by atoms with Crippen molar-refractivity contribution < 1.29 is 19.1 Å². The van der Waals surface area contributed by atoms with Crippen LogP contribution < -0.4 is 0 Å². The highest BCUT2D eigenvalue weighted by Gasteiger charge is 2.68. The summed E-state index contributed by atoms with van der Waals surface area (Å²) in [7, 11) is 0. The smallest absolute Gasteiger partial charge is 0.307 e. The van der Waals surface area contributed by atoms with E-state index in [0.717, 1.165) is 51.4 Å². The Balaban J connectivity index is 1.62. The third-order valence-corrected chi connectivity index (χ3v) is 10.1. The number of hydrogen-bond donors (Lipinski definition) is 0. The summed E-state index contributed by atoms with van der Waals surface area (Å²) in [6.07, 6.45) is 20.3. The number of rotatable bonds is 4. The van der Waals surface area contributed by atoms with E-state index in [1.54, 1.807) is 0 Å². The van der Waals surface area contributed by atoms with Gasteiger partial charge in [-0.2, -0.15) is 0 Å². The van der Waals surface area contributed by atoms with Gasteiger partial charge in [-0.25, -0.2) is 0 Å². The summed E-state index contributed by atoms with van der Waals surface area (Å²) in [5, 5.41) is 0. The first kappa shape index (κ1) is 23.2. The third-order valence-electron chi connectivity index (χ3n) is 10.1. The summed E-state index contributed by atoms with van der Waals surface area (Å²) in [4.78, 5) is 24.4. The van der Waals surface area contributed by atoms with Gasteiger partial charge >= 0.3 is 11.9 Å². The highest BCUT2D eigenvalue weighted by atomic mass is 16.6. The van der Waals surface area contributed by atoms with Crippen LogP contribution in [-0.4, -0.2) is 23.1 Å². The van der Waals surface area contributed by atoms with Crippen molar-refractivity contribution in [3.05, 3.63) is 0 Å². The van der Waals surface area contributed by atoms with Crippen molar-refractivity contribution >= 4 is 11.9 Å². The number of carbonyl (C=O) groups excluding carboxylic acids is 2. The van der Waals surface area contributed by atoms with Crippen LogP contribution in [0.5, 0.6) is 0 Å². The molecule has 0 bridgehead atoms. The fourth-order valence-corrected chi connectivity index (χ4v) is 8.44. The molecule has 4 heteroatoms. The van der Waals surface area contributed by atoms with E-state index in [0.29, 0.717) is 36.5 Å². The van der Waals surface area contributed by atoms with E-state index >= 15 is 0 Å². The van der Waals surface area contributed by atoms with Gasteiger partial charge in [-0.05, 0) is 67.6 Å². The van der Waals surface area contributed by atoms with Gasteiger partial charge in [0.2, 0.25) is 0 Å². The summed E-state index contributed by atoms with van der Waals surface area (Å²) in [6, 6.07) is 0. The van der Waals surface area contributed by atoms with E-state index in [4.69, 9.17) is 22.3 Å². The van der Waals surface area contributed by atoms with E-state index < -0.39 is 11.2 Å². The lowest BCUT2D eigenvalue weighted by molar-refractivity contribution is -0.174. The van der Waals surface area contributed by atoms with Crippen molar-refractivity contribution in [1.82, 2.24) is 0 Å². The molecule has 4 rings (SSSR count). The predicted molar refractivity (Wildman–Crippen MR) is 123 cm³/mol. The average molecular weight is 441 g/mol. The Morgan fingerprint density at radius 3 is 2.22 bits per heavy atom. The minimum atomic E-state index is -0.789. The Morgan fingerprint density at radius 2 is 1.59 bits per heavy atom. The maximum Gasteiger partial charge on any atom is 0.307 e. The molecule has 0 unspecified atom stereocenters. The van der Waals surface area contributed by atoms with E-state index in [-0.39, 0.29) is 22.8 Å². The molecule has 4 saturated carbocycles. The van der Waals surface area contributed by atoms with Gasteiger partial charge in [0.25, 0.3) is 0 Å². The van der Waals surface area contributed by atoms with Crippen LogP contribution in [0.2, 0.25) is 0 Å². The first-order valence-corrected chi connectivity index (χ1v) is 12.5. The van der Waals surface area contributed by atoms with Gasteiger partial charge in [0.1, 0.15) is 0 Å². The Kier molecular flexibility index (Phi) is 5.68. The minimum absolute atomic E-state index is 0.0616. The van der Waals surface area contributed by atoms with Gasteiger partial charge < -0.3 is 9.47 Å². The molecule has 0 aromatic heterocycles. The van der Waals surface area contributed by atoms with Crippen LogP contribution in [-0.2, 0) is 19.1 Å². The molecular weight excluding hydrogens is 402 g/mol. The third kappa shape index (κ3) is 3.13. The van der Waals surface area contributed by atoms with Crippen LogP contribution in [0.1, 0.15) is 91.9 Å². The first-order valence-electron chi connectivity index (χ1n) is 12.5. The Bertz CT molecular complexity index is 879. The molecule has 0 heterocycles. The molecule has 0 amide bonds. The quantitative estimate of drug-likeness (QED) is 0.440. The minimum Gasteiger partial charge on any atom is -0.446 e. The van der Waals surface area contributed by atoms with E-state index in [1.807, 2.05) is 13.8 Å². The molecule has 0 spiro atoms. The fourth-order valence-electron chi connectivity index (χ4n) is 8.44. The molecular formula is C28H38O4. The number of hydrogen-bond acceptors (Lipinski definition) is 4. The first-order chi connectivity index (χ1) is 15.1. The van der Waals surface area contributed by atoms with Crippen molar-refractivity contribution in [1.29, 1.82) is 0 Å². The van der Waals surface area contributed by atoms with Crippen LogP contribution in [0.15, 0.2) is 0 Å². The van der Waals surface area contributed by atoms with Crippen molar-refractivity contribution in [2.24, 2.45) is 34.5 Å². The lowest BCUT2D eigenvalue weighted by Crippen LogP contribution is -2.55. The van der Waals surface area contributed by atoms with Crippen molar-refractivity contribution in [3.63, 3.8) is 0 Å². The Labute approximate surface area is 193 Å². The van der Waals surface area contributed by atoms with Crippen LogP contribution in [0.25, 0.3) is 0 Å². The second kappa shape index (κ2) is 7.83. The molecule has 8 atom stereocenters. The largest absolute Gasteiger partial charge is 0.446 e. The molecule has 0 aromatic carbocycles. The molecule has 0 radical (unpaired) electrons. The standard InChI is InChI=1S/C28H38O4/c1-7-23(29)31-27(9-3)17-19-11-12-20-21(25(19,5)18-27)13-15-26(6)22(20)14-16-28(26,10-4)32-24(30)8-2/h3-4,19-22H,7-8,11-18H2,1-2,5-6H3/t19-,20+,21-,22-,25-,26-,27+,28-/m0/s1/i17+2. The summed E-state index contributed by atoms with van der Waals surface area (Å²) in [6.45, 7) is 8.29. The lowest BCUT2D eigenvalue weighted by atomic mass is 9.47. The average Bonchev–Trinajstić information content (AvgIpc) is 3.25. The monoisotopic (exact) mass is 440 g/mol. The SMILES string of the molecule is C#C[C@]1(OC(=O)CC)C[C@@]2(C)[C@@H](CC[C@@H]3[C@@H]2CC[C@@]2(C)[C@H]3CC[C@]2(C#C)OC(=O)CC)[14CH2]1. The molecule has 0 aliphatic heterocycles. The molecule has 4 aliphatic rings. The second-order valence-corrected chi connectivity index (χ2v) is 11.3. The molecule has 174 valence electrons. The molecule has 32 heavy (non-hydrogen) atoms. The zero-order valence-electron chi connectivity index (χ0n) is 20.2.